The molecule has 21 heavy (non-hydrogen) atoms. The molecule has 0 N–H and O–H groups in total. The number of carbonyl (C=O) groups is 1. The van der Waals surface area contributed by atoms with Crippen molar-refractivity contribution in [3.05, 3.63) is 47.4 Å². The lowest BCUT2D eigenvalue weighted by Gasteiger charge is -2.20. The fraction of sp³-hybridized carbons (Fsp3) is 0.438. The van der Waals surface area contributed by atoms with Gasteiger partial charge in [0, 0.05) is 6.42 Å². The fourth-order valence-corrected chi connectivity index (χ4v) is 2.10. The number of carbonyl (C=O) groups excluding carboxylic acids is 1. The molecular formula is C16H19FN2O2. The number of Topliss-reactive ketones (excluding diaryl/α,β-unsaturated/α-hetero) is 1. The number of halogens is 1. The van der Waals surface area contributed by atoms with Crippen molar-refractivity contribution in [3.63, 3.8) is 0 Å². The Morgan fingerprint density at radius 1 is 1.33 bits per heavy atom. The molecule has 5 heteroatoms. The van der Waals surface area contributed by atoms with Gasteiger partial charge in [-0.2, -0.15) is 4.98 Å². The molecule has 0 fully saturated rings. The topological polar surface area (TPSA) is 56.0 Å². The van der Waals surface area contributed by atoms with Crippen molar-refractivity contribution in [2.45, 2.75) is 45.4 Å². The number of benzene rings is 1. The second-order valence-electron chi connectivity index (χ2n) is 5.63. The van der Waals surface area contributed by atoms with Gasteiger partial charge in [0.15, 0.2) is 5.82 Å². The standard InChI is InChI=1S/C16H19FN2O2/c1-5-13(20)10(2)14-18-15(19-21-14)16(3,4)11-6-8-12(17)9-7-11/h6-10H,5H2,1-4H3. The first-order valence-corrected chi connectivity index (χ1v) is 6.99. The summed E-state index contributed by atoms with van der Waals surface area (Å²) in [6.07, 6.45) is 0.431. The molecule has 0 saturated heterocycles. The van der Waals surface area contributed by atoms with Crippen LogP contribution in [0.15, 0.2) is 28.8 Å². The van der Waals surface area contributed by atoms with Gasteiger partial charge in [0.25, 0.3) is 0 Å². The van der Waals surface area contributed by atoms with Crippen LogP contribution in [0.25, 0.3) is 0 Å². The van der Waals surface area contributed by atoms with Crippen LogP contribution in [0, 0.1) is 5.82 Å². The maximum absolute atomic E-state index is 13.0. The summed E-state index contributed by atoms with van der Waals surface area (Å²) in [5.74, 6) is 0.183. The Labute approximate surface area is 123 Å². The van der Waals surface area contributed by atoms with Crippen molar-refractivity contribution in [1.29, 1.82) is 0 Å². The molecule has 1 aromatic heterocycles. The lowest BCUT2D eigenvalue weighted by molar-refractivity contribution is -0.120. The van der Waals surface area contributed by atoms with Gasteiger partial charge in [-0.1, -0.05) is 24.2 Å². The highest BCUT2D eigenvalue weighted by Gasteiger charge is 2.30. The van der Waals surface area contributed by atoms with Gasteiger partial charge < -0.3 is 4.52 Å². The third kappa shape index (κ3) is 3.01. The molecule has 0 aliphatic rings. The van der Waals surface area contributed by atoms with Gasteiger partial charge in [-0.25, -0.2) is 4.39 Å². The molecule has 1 unspecified atom stereocenters. The quantitative estimate of drug-likeness (QED) is 0.844. The summed E-state index contributed by atoms with van der Waals surface area (Å²) >= 11 is 0. The highest BCUT2D eigenvalue weighted by Crippen LogP contribution is 2.30. The van der Waals surface area contributed by atoms with Crippen molar-refractivity contribution in [2.24, 2.45) is 0 Å². The first-order valence-electron chi connectivity index (χ1n) is 6.99. The number of nitrogens with zero attached hydrogens (tertiary/aromatic N) is 2. The molecule has 1 atom stereocenters. The van der Waals surface area contributed by atoms with Crippen LogP contribution >= 0.6 is 0 Å². The van der Waals surface area contributed by atoms with E-state index in [1.807, 2.05) is 13.8 Å². The van der Waals surface area contributed by atoms with Crippen LogP contribution in [0.3, 0.4) is 0 Å². The number of aromatic nitrogens is 2. The summed E-state index contributed by atoms with van der Waals surface area (Å²) in [6.45, 7) is 7.43. The Kier molecular flexibility index (Phi) is 4.21. The van der Waals surface area contributed by atoms with Gasteiger partial charge in [-0.3, -0.25) is 4.79 Å². The Balaban J connectivity index is 2.31. The molecule has 0 aliphatic heterocycles. The van der Waals surface area contributed by atoms with Crippen molar-refractivity contribution in [2.75, 3.05) is 0 Å². The van der Waals surface area contributed by atoms with Crippen LogP contribution in [0.2, 0.25) is 0 Å². The smallest absolute Gasteiger partial charge is 0.236 e. The van der Waals surface area contributed by atoms with E-state index in [1.54, 1.807) is 26.0 Å². The molecular weight excluding hydrogens is 271 g/mol. The second-order valence-corrected chi connectivity index (χ2v) is 5.63. The van der Waals surface area contributed by atoms with E-state index in [9.17, 15) is 9.18 Å². The van der Waals surface area contributed by atoms with Gasteiger partial charge in [0.1, 0.15) is 11.6 Å². The van der Waals surface area contributed by atoms with Crippen molar-refractivity contribution in [3.8, 4) is 0 Å². The predicted molar refractivity (Wildman–Crippen MR) is 76.5 cm³/mol. The van der Waals surface area contributed by atoms with E-state index in [4.69, 9.17) is 4.52 Å². The minimum atomic E-state index is -0.523. The van der Waals surface area contributed by atoms with E-state index >= 15 is 0 Å². The summed E-state index contributed by atoms with van der Waals surface area (Å²) in [7, 11) is 0. The molecule has 0 radical (unpaired) electrons. The Hall–Kier alpha value is -2.04. The normalized spacial score (nSPS) is 13.2. The van der Waals surface area contributed by atoms with E-state index < -0.39 is 11.3 Å². The Bertz CT molecular complexity index is 632. The first-order chi connectivity index (χ1) is 9.86. The average Bonchev–Trinajstić information content (AvgIpc) is 2.96. The van der Waals surface area contributed by atoms with Crippen molar-refractivity contribution in [1.82, 2.24) is 10.1 Å². The molecule has 112 valence electrons. The average molecular weight is 290 g/mol. The first kappa shape index (κ1) is 15.4. The molecule has 0 bridgehead atoms. The highest BCUT2D eigenvalue weighted by atomic mass is 19.1. The van der Waals surface area contributed by atoms with Crippen LogP contribution in [0.5, 0.6) is 0 Å². The summed E-state index contributed by atoms with van der Waals surface area (Å²) < 4.78 is 18.3. The molecule has 0 aliphatic carbocycles. The minimum absolute atomic E-state index is 0.0600. The van der Waals surface area contributed by atoms with Gasteiger partial charge in [-0.15, -0.1) is 0 Å². The summed E-state index contributed by atoms with van der Waals surface area (Å²) in [4.78, 5) is 16.1. The minimum Gasteiger partial charge on any atom is -0.339 e. The van der Waals surface area contributed by atoms with Gasteiger partial charge >= 0.3 is 0 Å². The summed E-state index contributed by atoms with van der Waals surface area (Å²) in [6, 6.07) is 6.21. The van der Waals surface area contributed by atoms with E-state index in [1.165, 1.54) is 12.1 Å². The molecule has 1 aromatic carbocycles. The largest absolute Gasteiger partial charge is 0.339 e. The molecule has 0 saturated carbocycles. The van der Waals surface area contributed by atoms with Crippen LogP contribution in [-0.2, 0) is 10.2 Å². The molecule has 1 heterocycles. The zero-order chi connectivity index (χ0) is 15.6. The zero-order valence-electron chi connectivity index (χ0n) is 12.7. The second kappa shape index (κ2) is 5.76. The third-order valence-corrected chi connectivity index (χ3v) is 3.77. The fourth-order valence-electron chi connectivity index (χ4n) is 2.10. The monoisotopic (exact) mass is 290 g/mol. The summed E-state index contributed by atoms with van der Waals surface area (Å²) in [5.41, 5.74) is 0.357. The van der Waals surface area contributed by atoms with E-state index in [2.05, 4.69) is 10.1 Å². The predicted octanol–water partition coefficient (Wildman–Crippen LogP) is 3.62. The third-order valence-electron chi connectivity index (χ3n) is 3.77. The van der Waals surface area contributed by atoms with E-state index in [-0.39, 0.29) is 11.6 Å². The number of hydrogen-bond donors (Lipinski definition) is 0. The van der Waals surface area contributed by atoms with Gasteiger partial charge in [0.05, 0.1) is 11.3 Å². The lowest BCUT2D eigenvalue weighted by Crippen LogP contribution is -2.21. The number of ketones is 1. The molecule has 0 amide bonds. The van der Waals surface area contributed by atoms with Crippen LogP contribution < -0.4 is 0 Å². The summed E-state index contributed by atoms with van der Waals surface area (Å²) in [5, 5.41) is 3.99. The SMILES string of the molecule is CCC(=O)C(C)c1nc(C(C)(C)c2ccc(F)cc2)no1. The molecule has 2 rings (SSSR count). The maximum Gasteiger partial charge on any atom is 0.236 e. The van der Waals surface area contributed by atoms with Crippen molar-refractivity contribution < 1.29 is 13.7 Å². The highest BCUT2D eigenvalue weighted by molar-refractivity contribution is 5.83. The van der Waals surface area contributed by atoms with E-state index in [0.717, 1.165) is 5.56 Å². The van der Waals surface area contributed by atoms with Gasteiger partial charge in [-0.05, 0) is 38.5 Å². The molecule has 0 spiro atoms. The Morgan fingerprint density at radius 2 is 1.95 bits per heavy atom. The molecule has 2 aromatic rings. The maximum atomic E-state index is 13.0. The Morgan fingerprint density at radius 3 is 2.52 bits per heavy atom. The van der Waals surface area contributed by atoms with Crippen molar-refractivity contribution >= 4 is 5.78 Å². The zero-order valence-corrected chi connectivity index (χ0v) is 12.7. The van der Waals surface area contributed by atoms with E-state index in [0.29, 0.717) is 18.1 Å². The van der Waals surface area contributed by atoms with Crippen LogP contribution in [0.4, 0.5) is 4.39 Å². The number of rotatable bonds is 5. The van der Waals surface area contributed by atoms with Crippen LogP contribution in [0.1, 0.15) is 57.3 Å². The number of hydrogen-bond acceptors (Lipinski definition) is 4. The molecule has 4 nitrogen and oxygen atoms in total. The van der Waals surface area contributed by atoms with Crippen LogP contribution in [-0.4, -0.2) is 15.9 Å². The lowest BCUT2D eigenvalue weighted by atomic mass is 9.84. The van der Waals surface area contributed by atoms with Gasteiger partial charge in [0.2, 0.25) is 5.89 Å².